The van der Waals surface area contributed by atoms with Crippen LogP contribution in [0.1, 0.15) is 25.7 Å². The predicted octanol–water partition coefficient (Wildman–Crippen LogP) is 0.690. The number of nitrogens with two attached hydrogens (primary N) is 1. The van der Waals surface area contributed by atoms with Crippen molar-refractivity contribution in [3.8, 4) is 0 Å². The van der Waals surface area contributed by atoms with E-state index >= 15 is 0 Å². The molecule has 2 N–H and O–H groups in total. The van der Waals surface area contributed by atoms with Gasteiger partial charge in [0.15, 0.2) is 0 Å². The van der Waals surface area contributed by atoms with Crippen molar-refractivity contribution in [2.24, 2.45) is 5.73 Å². The predicted molar refractivity (Wildman–Crippen MR) is 62.6 cm³/mol. The zero-order chi connectivity index (χ0) is 11.3. The van der Waals surface area contributed by atoms with Crippen molar-refractivity contribution in [2.45, 2.75) is 31.8 Å². The molecule has 4 nitrogen and oxygen atoms in total. The average Bonchev–Trinajstić information content (AvgIpc) is 2.11. The van der Waals surface area contributed by atoms with Gasteiger partial charge < -0.3 is 15.4 Å². The molecule has 15 heavy (non-hydrogen) atoms. The molecule has 0 atom stereocenters. The van der Waals surface area contributed by atoms with E-state index in [4.69, 9.17) is 22.7 Å². The molecule has 0 unspecified atom stereocenters. The minimum atomic E-state index is -0.00171. The molecule has 0 aromatic heterocycles. The van der Waals surface area contributed by atoms with Gasteiger partial charge in [0.1, 0.15) is 6.61 Å². The van der Waals surface area contributed by atoms with Crippen LogP contribution in [0.4, 0.5) is 0 Å². The second-order valence-corrected chi connectivity index (χ2v) is 4.42. The lowest BCUT2D eigenvalue weighted by Gasteiger charge is -2.26. The fourth-order valence-corrected chi connectivity index (χ4v) is 1.33. The van der Waals surface area contributed by atoms with Crippen LogP contribution in [0.5, 0.6) is 0 Å². The number of thiocarbonyl (C=S) groups is 1. The highest BCUT2D eigenvalue weighted by Gasteiger charge is 2.19. The van der Waals surface area contributed by atoms with Crippen LogP contribution in [0, 0.1) is 0 Å². The maximum atomic E-state index is 11.5. The molecule has 1 saturated carbocycles. The Morgan fingerprint density at radius 2 is 2.27 bits per heavy atom. The molecule has 86 valence electrons. The van der Waals surface area contributed by atoms with Gasteiger partial charge in [0, 0.05) is 20.0 Å². The summed E-state index contributed by atoms with van der Waals surface area (Å²) in [5.74, 6) is -0.00171. The number of amides is 1. The van der Waals surface area contributed by atoms with Crippen LogP contribution in [0.25, 0.3) is 0 Å². The molecule has 1 aliphatic carbocycles. The van der Waals surface area contributed by atoms with Gasteiger partial charge in [-0.15, -0.1) is 0 Å². The largest absolute Gasteiger partial charge is 0.393 e. The van der Waals surface area contributed by atoms with Gasteiger partial charge >= 0.3 is 0 Å². The number of carbonyl (C=O) groups excluding carboxylic acids is 1. The maximum Gasteiger partial charge on any atom is 0.248 e. The van der Waals surface area contributed by atoms with Gasteiger partial charge in [-0.25, -0.2) is 0 Å². The normalized spacial score (nSPS) is 15.8. The average molecular weight is 230 g/mol. The Balaban J connectivity index is 2.11. The third kappa shape index (κ3) is 4.57. The molecule has 1 rings (SSSR count). The summed E-state index contributed by atoms with van der Waals surface area (Å²) in [6, 6.07) is 0. The third-order valence-electron chi connectivity index (χ3n) is 2.61. The van der Waals surface area contributed by atoms with Crippen LogP contribution in [0.2, 0.25) is 0 Å². The van der Waals surface area contributed by atoms with Gasteiger partial charge in [0.25, 0.3) is 0 Å². The lowest BCUT2D eigenvalue weighted by atomic mass is 9.96. The van der Waals surface area contributed by atoms with E-state index < -0.39 is 0 Å². The first-order chi connectivity index (χ1) is 7.09. The van der Waals surface area contributed by atoms with Crippen molar-refractivity contribution in [2.75, 3.05) is 20.2 Å². The van der Waals surface area contributed by atoms with Gasteiger partial charge in [-0.05, 0) is 19.3 Å². The molecule has 0 bridgehead atoms. The fraction of sp³-hybridized carbons (Fsp3) is 0.800. The van der Waals surface area contributed by atoms with Crippen molar-refractivity contribution in [1.82, 2.24) is 4.90 Å². The molecule has 0 saturated heterocycles. The third-order valence-corrected chi connectivity index (χ3v) is 2.82. The minimum Gasteiger partial charge on any atom is -0.393 e. The Kier molecular flexibility index (Phi) is 4.98. The van der Waals surface area contributed by atoms with Crippen molar-refractivity contribution in [1.29, 1.82) is 0 Å². The summed E-state index contributed by atoms with van der Waals surface area (Å²) < 4.78 is 5.41. The second-order valence-electron chi connectivity index (χ2n) is 3.90. The van der Waals surface area contributed by atoms with E-state index in [-0.39, 0.29) is 12.5 Å². The summed E-state index contributed by atoms with van der Waals surface area (Å²) in [6.45, 7) is 0.751. The van der Waals surface area contributed by atoms with Crippen molar-refractivity contribution >= 4 is 23.1 Å². The Morgan fingerprint density at radius 3 is 2.73 bits per heavy atom. The van der Waals surface area contributed by atoms with Crippen LogP contribution >= 0.6 is 12.2 Å². The van der Waals surface area contributed by atoms with E-state index in [0.717, 1.165) is 12.8 Å². The first kappa shape index (κ1) is 12.4. The Bertz CT molecular complexity index is 242. The number of carbonyl (C=O) groups is 1. The summed E-state index contributed by atoms with van der Waals surface area (Å²) in [4.78, 5) is 13.6. The Labute approximate surface area is 95.8 Å². The van der Waals surface area contributed by atoms with Crippen molar-refractivity contribution < 1.29 is 9.53 Å². The topological polar surface area (TPSA) is 55.6 Å². The lowest BCUT2D eigenvalue weighted by molar-refractivity contribution is -0.138. The van der Waals surface area contributed by atoms with Gasteiger partial charge in [-0.2, -0.15) is 0 Å². The molecular weight excluding hydrogens is 212 g/mol. The summed E-state index contributed by atoms with van der Waals surface area (Å²) in [5, 5.41) is 0. The fourth-order valence-electron chi connectivity index (χ4n) is 1.24. The number of ether oxygens (including phenoxy) is 1. The summed E-state index contributed by atoms with van der Waals surface area (Å²) in [5.41, 5.74) is 5.36. The molecule has 0 aliphatic heterocycles. The summed E-state index contributed by atoms with van der Waals surface area (Å²) in [7, 11) is 1.74. The SMILES string of the molecule is CN(CCC(N)=S)C(=O)COC1CCC1. The molecule has 0 heterocycles. The van der Waals surface area contributed by atoms with Crippen LogP contribution in [-0.4, -0.2) is 42.1 Å². The number of rotatable bonds is 6. The lowest BCUT2D eigenvalue weighted by Crippen LogP contribution is -2.35. The van der Waals surface area contributed by atoms with Gasteiger partial charge in [0.05, 0.1) is 11.1 Å². The maximum absolute atomic E-state index is 11.5. The molecule has 1 fully saturated rings. The molecule has 0 spiro atoms. The number of likely N-dealkylation sites (N-methyl/N-ethyl adjacent to an activating group) is 1. The molecule has 1 aliphatic rings. The monoisotopic (exact) mass is 230 g/mol. The highest BCUT2D eigenvalue weighted by Crippen LogP contribution is 2.21. The van der Waals surface area contributed by atoms with Gasteiger partial charge in [0.2, 0.25) is 5.91 Å². The van der Waals surface area contributed by atoms with Crippen molar-refractivity contribution in [3.63, 3.8) is 0 Å². The first-order valence-electron chi connectivity index (χ1n) is 5.23. The number of hydrogen-bond donors (Lipinski definition) is 1. The van der Waals surface area contributed by atoms with E-state index in [9.17, 15) is 4.79 Å². The Hall–Kier alpha value is -0.680. The second kappa shape index (κ2) is 6.02. The molecule has 1 amide bonds. The van der Waals surface area contributed by atoms with Crippen LogP contribution in [0.3, 0.4) is 0 Å². The minimum absolute atomic E-state index is 0.00171. The van der Waals surface area contributed by atoms with Crippen LogP contribution in [-0.2, 0) is 9.53 Å². The van der Waals surface area contributed by atoms with E-state index in [1.54, 1.807) is 11.9 Å². The van der Waals surface area contributed by atoms with E-state index in [1.165, 1.54) is 6.42 Å². The molecular formula is C10H18N2O2S. The molecule has 0 aromatic rings. The van der Waals surface area contributed by atoms with Crippen LogP contribution in [0.15, 0.2) is 0 Å². The van der Waals surface area contributed by atoms with Crippen LogP contribution < -0.4 is 5.73 Å². The van der Waals surface area contributed by atoms with Gasteiger partial charge in [-0.1, -0.05) is 12.2 Å². The van der Waals surface area contributed by atoms with Crippen molar-refractivity contribution in [3.05, 3.63) is 0 Å². The zero-order valence-corrected chi connectivity index (χ0v) is 9.89. The quantitative estimate of drug-likeness (QED) is 0.682. The highest BCUT2D eigenvalue weighted by molar-refractivity contribution is 7.80. The first-order valence-corrected chi connectivity index (χ1v) is 5.64. The summed E-state index contributed by atoms with van der Waals surface area (Å²) in [6.07, 6.45) is 4.27. The number of hydrogen-bond acceptors (Lipinski definition) is 3. The smallest absolute Gasteiger partial charge is 0.248 e. The summed E-state index contributed by atoms with van der Waals surface area (Å²) >= 11 is 4.74. The molecule has 0 radical (unpaired) electrons. The van der Waals surface area contributed by atoms with E-state index in [2.05, 4.69) is 0 Å². The highest BCUT2D eigenvalue weighted by atomic mass is 32.1. The molecule has 0 aromatic carbocycles. The molecule has 5 heteroatoms. The standard InChI is InChI=1S/C10H18N2O2S/c1-12(6-5-9(11)15)10(13)7-14-8-3-2-4-8/h8H,2-7H2,1H3,(H2,11,15). The zero-order valence-electron chi connectivity index (χ0n) is 9.07. The van der Waals surface area contributed by atoms with E-state index in [0.29, 0.717) is 24.1 Å². The van der Waals surface area contributed by atoms with E-state index in [1.807, 2.05) is 0 Å². The Morgan fingerprint density at radius 1 is 1.60 bits per heavy atom. The number of nitrogens with zero attached hydrogens (tertiary/aromatic N) is 1. The van der Waals surface area contributed by atoms with Gasteiger partial charge in [-0.3, -0.25) is 4.79 Å².